The van der Waals surface area contributed by atoms with Gasteiger partial charge in [-0.25, -0.2) is 0 Å². The first-order chi connectivity index (χ1) is 10.4. The molecular formula is C18H28N2O2. The first-order valence-corrected chi connectivity index (χ1v) is 8.18. The van der Waals surface area contributed by atoms with E-state index in [-0.39, 0.29) is 19.1 Å². The lowest BCUT2D eigenvalue weighted by molar-refractivity contribution is 0.0944. The Bertz CT molecular complexity index is 516. The Hall–Kier alpha value is -1.55. The second-order valence-corrected chi connectivity index (χ2v) is 7.04. The highest BCUT2D eigenvalue weighted by atomic mass is 16.3. The van der Waals surface area contributed by atoms with Gasteiger partial charge in [0.05, 0.1) is 6.61 Å². The van der Waals surface area contributed by atoms with Crippen molar-refractivity contribution in [3.63, 3.8) is 0 Å². The zero-order valence-electron chi connectivity index (χ0n) is 13.9. The van der Waals surface area contributed by atoms with Crippen molar-refractivity contribution in [3.05, 3.63) is 29.3 Å². The number of benzene rings is 1. The number of carbonyl (C=O) groups excluding carboxylic acids is 1. The SMILES string of the molecule is Cc1c(NC2CCC(C)(C)CC2)cccc1C(=O)NCCO. The number of carbonyl (C=O) groups is 1. The molecule has 0 heterocycles. The summed E-state index contributed by atoms with van der Waals surface area (Å²) in [4.78, 5) is 12.1. The van der Waals surface area contributed by atoms with Crippen molar-refractivity contribution in [2.45, 2.75) is 52.5 Å². The van der Waals surface area contributed by atoms with E-state index in [4.69, 9.17) is 5.11 Å². The molecule has 1 fully saturated rings. The quantitative estimate of drug-likeness (QED) is 0.783. The second kappa shape index (κ2) is 7.14. The van der Waals surface area contributed by atoms with E-state index >= 15 is 0 Å². The smallest absolute Gasteiger partial charge is 0.251 e. The predicted octanol–water partition coefficient (Wildman–Crippen LogP) is 3.10. The molecule has 4 heteroatoms. The van der Waals surface area contributed by atoms with Crippen molar-refractivity contribution >= 4 is 11.6 Å². The molecule has 0 atom stereocenters. The molecular weight excluding hydrogens is 276 g/mol. The zero-order chi connectivity index (χ0) is 16.2. The highest BCUT2D eigenvalue weighted by Crippen LogP contribution is 2.36. The molecule has 3 N–H and O–H groups in total. The minimum Gasteiger partial charge on any atom is -0.395 e. The van der Waals surface area contributed by atoms with Crippen LogP contribution in [0.5, 0.6) is 0 Å². The Morgan fingerprint density at radius 1 is 1.32 bits per heavy atom. The lowest BCUT2D eigenvalue weighted by Crippen LogP contribution is -2.30. The summed E-state index contributed by atoms with van der Waals surface area (Å²) in [5.41, 5.74) is 3.15. The highest BCUT2D eigenvalue weighted by molar-refractivity contribution is 5.97. The van der Waals surface area contributed by atoms with Crippen LogP contribution in [-0.2, 0) is 0 Å². The largest absolute Gasteiger partial charge is 0.395 e. The van der Waals surface area contributed by atoms with Gasteiger partial charge in [0, 0.05) is 23.8 Å². The van der Waals surface area contributed by atoms with Crippen LogP contribution >= 0.6 is 0 Å². The molecule has 4 nitrogen and oxygen atoms in total. The molecule has 122 valence electrons. The second-order valence-electron chi connectivity index (χ2n) is 7.04. The van der Waals surface area contributed by atoms with Gasteiger partial charge in [0.1, 0.15) is 0 Å². The average molecular weight is 304 g/mol. The molecule has 1 saturated carbocycles. The first-order valence-electron chi connectivity index (χ1n) is 8.18. The lowest BCUT2D eigenvalue weighted by Gasteiger charge is -2.35. The molecule has 0 unspecified atom stereocenters. The van der Waals surface area contributed by atoms with Crippen LogP contribution in [0, 0.1) is 12.3 Å². The van der Waals surface area contributed by atoms with Gasteiger partial charge in [0.25, 0.3) is 5.91 Å². The summed E-state index contributed by atoms with van der Waals surface area (Å²) in [6.07, 6.45) is 4.82. The van der Waals surface area contributed by atoms with Crippen LogP contribution in [0.25, 0.3) is 0 Å². The van der Waals surface area contributed by atoms with Gasteiger partial charge >= 0.3 is 0 Å². The maximum atomic E-state index is 12.1. The fourth-order valence-electron chi connectivity index (χ4n) is 3.07. The third kappa shape index (κ3) is 4.23. The van der Waals surface area contributed by atoms with Crippen LogP contribution in [0.15, 0.2) is 18.2 Å². The van der Waals surface area contributed by atoms with E-state index in [0.717, 1.165) is 11.3 Å². The molecule has 1 aliphatic rings. The molecule has 1 aliphatic carbocycles. The van der Waals surface area contributed by atoms with Crippen LogP contribution < -0.4 is 10.6 Å². The molecule has 1 amide bonds. The van der Waals surface area contributed by atoms with Crippen LogP contribution in [0.4, 0.5) is 5.69 Å². The zero-order valence-corrected chi connectivity index (χ0v) is 13.9. The molecule has 0 bridgehead atoms. The Morgan fingerprint density at radius 3 is 2.64 bits per heavy atom. The topological polar surface area (TPSA) is 61.4 Å². The van der Waals surface area contributed by atoms with Gasteiger partial charge in [-0.05, 0) is 55.7 Å². The van der Waals surface area contributed by atoms with Gasteiger partial charge in [0.15, 0.2) is 0 Å². The van der Waals surface area contributed by atoms with Crippen molar-refractivity contribution in [2.24, 2.45) is 5.41 Å². The van der Waals surface area contributed by atoms with Gasteiger partial charge in [-0.15, -0.1) is 0 Å². The molecule has 0 saturated heterocycles. The summed E-state index contributed by atoms with van der Waals surface area (Å²) in [7, 11) is 0. The lowest BCUT2D eigenvalue weighted by atomic mass is 9.75. The number of hydrogen-bond donors (Lipinski definition) is 3. The van der Waals surface area contributed by atoms with Crippen LogP contribution in [0.3, 0.4) is 0 Å². The standard InChI is InChI=1S/C18H28N2O2/c1-13-15(17(22)19-11-12-21)5-4-6-16(13)20-14-7-9-18(2,3)10-8-14/h4-6,14,20-21H,7-12H2,1-3H3,(H,19,22). The number of anilines is 1. The van der Waals surface area contributed by atoms with Crippen molar-refractivity contribution < 1.29 is 9.90 Å². The molecule has 2 rings (SSSR count). The number of rotatable bonds is 5. The first kappa shape index (κ1) is 16.8. The fraction of sp³-hybridized carbons (Fsp3) is 0.611. The molecule has 0 spiro atoms. The summed E-state index contributed by atoms with van der Waals surface area (Å²) in [5.74, 6) is -0.125. The molecule has 22 heavy (non-hydrogen) atoms. The van der Waals surface area contributed by atoms with E-state index < -0.39 is 0 Å². The number of hydrogen-bond acceptors (Lipinski definition) is 3. The molecule has 0 aromatic heterocycles. The maximum absolute atomic E-state index is 12.1. The van der Waals surface area contributed by atoms with Crippen LogP contribution in [-0.4, -0.2) is 30.2 Å². The van der Waals surface area contributed by atoms with E-state index in [1.807, 2.05) is 25.1 Å². The summed E-state index contributed by atoms with van der Waals surface area (Å²) in [6.45, 7) is 6.89. The van der Waals surface area contributed by atoms with Crippen molar-refractivity contribution in [1.82, 2.24) is 5.32 Å². The Labute approximate surface area is 133 Å². The van der Waals surface area contributed by atoms with Crippen molar-refractivity contribution in [1.29, 1.82) is 0 Å². The summed E-state index contributed by atoms with van der Waals surface area (Å²) in [5, 5.41) is 15.1. The van der Waals surface area contributed by atoms with Gasteiger partial charge in [-0.3, -0.25) is 4.79 Å². The van der Waals surface area contributed by atoms with Gasteiger partial charge in [0.2, 0.25) is 0 Å². The van der Waals surface area contributed by atoms with E-state index in [2.05, 4.69) is 24.5 Å². The normalized spacial score (nSPS) is 18.0. The number of nitrogens with one attached hydrogen (secondary N) is 2. The van der Waals surface area contributed by atoms with E-state index in [9.17, 15) is 4.79 Å². The molecule has 0 radical (unpaired) electrons. The third-order valence-corrected chi connectivity index (χ3v) is 4.67. The number of amides is 1. The Balaban J connectivity index is 2.04. The summed E-state index contributed by atoms with van der Waals surface area (Å²) in [6, 6.07) is 6.27. The molecule has 0 aliphatic heterocycles. The predicted molar refractivity (Wildman–Crippen MR) is 90.3 cm³/mol. The van der Waals surface area contributed by atoms with E-state index in [1.165, 1.54) is 25.7 Å². The fourth-order valence-corrected chi connectivity index (χ4v) is 3.07. The third-order valence-electron chi connectivity index (χ3n) is 4.67. The highest BCUT2D eigenvalue weighted by Gasteiger charge is 2.27. The number of aliphatic hydroxyl groups excluding tert-OH is 1. The van der Waals surface area contributed by atoms with Crippen molar-refractivity contribution in [2.75, 3.05) is 18.5 Å². The van der Waals surface area contributed by atoms with Crippen LogP contribution in [0.1, 0.15) is 55.5 Å². The minimum absolute atomic E-state index is 0.0411. The maximum Gasteiger partial charge on any atom is 0.251 e. The van der Waals surface area contributed by atoms with E-state index in [0.29, 0.717) is 17.0 Å². The van der Waals surface area contributed by atoms with Gasteiger partial charge in [-0.2, -0.15) is 0 Å². The van der Waals surface area contributed by atoms with Gasteiger partial charge < -0.3 is 15.7 Å². The van der Waals surface area contributed by atoms with Crippen molar-refractivity contribution in [3.8, 4) is 0 Å². The minimum atomic E-state index is -0.125. The molecule has 1 aromatic carbocycles. The average Bonchev–Trinajstić information content (AvgIpc) is 2.49. The monoisotopic (exact) mass is 304 g/mol. The van der Waals surface area contributed by atoms with Gasteiger partial charge in [-0.1, -0.05) is 19.9 Å². The Kier molecular flexibility index (Phi) is 5.46. The summed E-state index contributed by atoms with van der Waals surface area (Å²) >= 11 is 0. The summed E-state index contributed by atoms with van der Waals surface area (Å²) < 4.78 is 0. The van der Waals surface area contributed by atoms with Crippen LogP contribution in [0.2, 0.25) is 0 Å². The Morgan fingerprint density at radius 2 is 2.00 bits per heavy atom. The number of aliphatic hydroxyl groups is 1. The van der Waals surface area contributed by atoms with E-state index in [1.54, 1.807) is 0 Å². The molecule has 1 aromatic rings.